The predicted molar refractivity (Wildman–Crippen MR) is 123 cm³/mol. The molecule has 1 aliphatic heterocycles. The van der Waals surface area contributed by atoms with E-state index in [4.69, 9.17) is 27.6 Å². The Labute approximate surface area is 190 Å². The van der Waals surface area contributed by atoms with Crippen molar-refractivity contribution in [3.63, 3.8) is 0 Å². The first kappa shape index (κ1) is 21.3. The lowest BCUT2D eigenvalue weighted by Gasteiger charge is -2.36. The molecule has 0 aliphatic carbocycles. The first-order valence-corrected chi connectivity index (χ1v) is 10.6. The van der Waals surface area contributed by atoms with Crippen LogP contribution >= 0.6 is 23.2 Å². The van der Waals surface area contributed by atoms with Gasteiger partial charge in [-0.3, -0.25) is 9.59 Å². The summed E-state index contributed by atoms with van der Waals surface area (Å²) in [5.74, 6) is 0.418. The van der Waals surface area contributed by atoms with Gasteiger partial charge in [0.05, 0.1) is 16.4 Å². The molecule has 2 amide bonds. The molecule has 2 aromatic carbocycles. The predicted octanol–water partition coefficient (Wildman–Crippen LogP) is 5.17. The number of amides is 2. The molecule has 0 bridgehead atoms. The second kappa shape index (κ2) is 9.04. The Balaban J connectivity index is 1.53. The molecule has 0 spiro atoms. The Morgan fingerprint density at radius 1 is 0.968 bits per heavy atom. The molecule has 2 heterocycles. The fourth-order valence-corrected chi connectivity index (χ4v) is 4.11. The van der Waals surface area contributed by atoms with Crippen LogP contribution in [0.1, 0.15) is 17.5 Å². The van der Waals surface area contributed by atoms with Gasteiger partial charge in [-0.05, 0) is 36.4 Å². The van der Waals surface area contributed by atoms with Crippen molar-refractivity contribution in [2.45, 2.75) is 6.92 Å². The zero-order valence-corrected chi connectivity index (χ0v) is 18.4. The number of carbonyl (C=O) groups excluding carboxylic acids is 2. The van der Waals surface area contributed by atoms with Crippen LogP contribution in [0.25, 0.3) is 11.3 Å². The fraction of sp³-hybridized carbons (Fsp3) is 0.217. The maximum Gasteiger partial charge on any atom is 0.291 e. The number of rotatable bonds is 4. The van der Waals surface area contributed by atoms with Crippen molar-refractivity contribution in [2.75, 3.05) is 36.4 Å². The minimum atomic E-state index is -0.376. The van der Waals surface area contributed by atoms with Crippen LogP contribution in [0, 0.1) is 0 Å². The number of halogens is 2. The normalized spacial score (nSPS) is 13.9. The Bertz CT molecular complexity index is 1120. The molecule has 0 saturated carbocycles. The number of para-hydroxylation sites is 1. The van der Waals surface area contributed by atoms with Gasteiger partial charge in [0.15, 0.2) is 5.76 Å². The van der Waals surface area contributed by atoms with Gasteiger partial charge >= 0.3 is 0 Å². The third kappa shape index (κ3) is 4.70. The van der Waals surface area contributed by atoms with Gasteiger partial charge < -0.3 is 19.5 Å². The summed E-state index contributed by atoms with van der Waals surface area (Å²) in [6.07, 6.45) is 0. The third-order valence-electron chi connectivity index (χ3n) is 5.22. The van der Waals surface area contributed by atoms with E-state index in [1.807, 2.05) is 12.1 Å². The highest BCUT2D eigenvalue weighted by Gasteiger charge is 2.24. The fourth-order valence-electron chi connectivity index (χ4n) is 3.62. The number of benzene rings is 2. The van der Waals surface area contributed by atoms with E-state index in [1.54, 1.807) is 54.3 Å². The number of hydrogen-bond acceptors (Lipinski definition) is 4. The number of hydrogen-bond donors (Lipinski definition) is 1. The van der Waals surface area contributed by atoms with Gasteiger partial charge in [0.2, 0.25) is 5.91 Å². The summed E-state index contributed by atoms with van der Waals surface area (Å²) in [5, 5.41) is 4.04. The number of nitrogens with zero attached hydrogens (tertiary/aromatic N) is 2. The van der Waals surface area contributed by atoms with Gasteiger partial charge in [-0.1, -0.05) is 41.4 Å². The van der Waals surface area contributed by atoms with Crippen LogP contribution in [0.5, 0.6) is 0 Å². The maximum absolute atomic E-state index is 12.9. The highest BCUT2D eigenvalue weighted by atomic mass is 35.5. The largest absolute Gasteiger partial charge is 0.451 e. The first-order valence-electron chi connectivity index (χ1n) is 9.88. The summed E-state index contributed by atoms with van der Waals surface area (Å²) in [5.41, 5.74) is 2.12. The molecule has 3 aromatic rings. The van der Waals surface area contributed by atoms with E-state index in [-0.39, 0.29) is 17.6 Å². The van der Waals surface area contributed by atoms with E-state index in [2.05, 4.69) is 10.2 Å². The molecule has 1 saturated heterocycles. The molecule has 4 rings (SSSR count). The number of piperazine rings is 1. The van der Waals surface area contributed by atoms with Crippen molar-refractivity contribution in [1.82, 2.24) is 4.90 Å². The molecule has 31 heavy (non-hydrogen) atoms. The Morgan fingerprint density at radius 2 is 1.71 bits per heavy atom. The van der Waals surface area contributed by atoms with E-state index in [0.29, 0.717) is 47.7 Å². The number of carbonyl (C=O) groups is 2. The third-order valence-corrected chi connectivity index (χ3v) is 5.76. The van der Waals surface area contributed by atoms with Gasteiger partial charge in [0.25, 0.3) is 5.91 Å². The highest BCUT2D eigenvalue weighted by Crippen LogP contribution is 2.35. The van der Waals surface area contributed by atoms with Crippen molar-refractivity contribution < 1.29 is 14.0 Å². The Morgan fingerprint density at radius 3 is 2.42 bits per heavy atom. The standard InChI is InChI=1S/C23H21Cl2N3O3/c1-15(29)27-10-12-28(13-11-27)22-18(25)6-3-7-19(22)26-23(30)21-9-8-20(31-21)16-4-2-5-17(24)14-16/h2-9,14H,10-13H2,1H3,(H,26,30). The minimum absolute atomic E-state index is 0.0562. The van der Waals surface area contributed by atoms with Crippen LogP contribution in [0.4, 0.5) is 11.4 Å². The number of nitrogens with one attached hydrogen (secondary N) is 1. The summed E-state index contributed by atoms with van der Waals surface area (Å²) in [6.45, 7) is 4.04. The molecule has 0 atom stereocenters. The second-order valence-electron chi connectivity index (χ2n) is 7.26. The molecule has 1 N–H and O–H groups in total. The second-order valence-corrected chi connectivity index (χ2v) is 8.10. The number of furan rings is 1. The summed E-state index contributed by atoms with van der Waals surface area (Å²) in [6, 6.07) is 16.0. The molecular weight excluding hydrogens is 437 g/mol. The molecule has 1 aliphatic rings. The van der Waals surface area contributed by atoms with Crippen LogP contribution in [0.2, 0.25) is 10.0 Å². The average molecular weight is 458 g/mol. The summed E-state index contributed by atoms with van der Waals surface area (Å²) in [4.78, 5) is 28.4. The zero-order valence-electron chi connectivity index (χ0n) is 16.9. The van der Waals surface area contributed by atoms with E-state index < -0.39 is 0 Å². The van der Waals surface area contributed by atoms with Gasteiger partial charge in [-0.2, -0.15) is 0 Å². The van der Waals surface area contributed by atoms with Crippen molar-refractivity contribution in [3.8, 4) is 11.3 Å². The monoisotopic (exact) mass is 457 g/mol. The molecule has 1 fully saturated rings. The molecule has 0 unspecified atom stereocenters. The lowest BCUT2D eigenvalue weighted by molar-refractivity contribution is -0.129. The van der Waals surface area contributed by atoms with E-state index >= 15 is 0 Å². The first-order chi connectivity index (χ1) is 14.9. The van der Waals surface area contributed by atoms with Crippen LogP contribution in [-0.4, -0.2) is 42.9 Å². The van der Waals surface area contributed by atoms with Crippen molar-refractivity contribution in [3.05, 3.63) is 70.4 Å². The minimum Gasteiger partial charge on any atom is -0.451 e. The van der Waals surface area contributed by atoms with Crippen LogP contribution in [-0.2, 0) is 4.79 Å². The summed E-state index contributed by atoms with van der Waals surface area (Å²) >= 11 is 12.5. The average Bonchev–Trinajstić information content (AvgIpc) is 3.25. The lowest BCUT2D eigenvalue weighted by Crippen LogP contribution is -2.48. The van der Waals surface area contributed by atoms with Crippen molar-refractivity contribution in [1.29, 1.82) is 0 Å². The summed E-state index contributed by atoms with van der Waals surface area (Å²) < 4.78 is 5.75. The molecule has 6 nitrogen and oxygen atoms in total. The number of anilines is 2. The SMILES string of the molecule is CC(=O)N1CCN(c2c(Cl)cccc2NC(=O)c2ccc(-c3cccc(Cl)c3)o2)CC1. The van der Waals surface area contributed by atoms with Gasteiger partial charge in [0.1, 0.15) is 5.76 Å². The molecule has 1 aromatic heterocycles. The lowest BCUT2D eigenvalue weighted by atomic mass is 10.2. The van der Waals surface area contributed by atoms with Gasteiger partial charge in [-0.15, -0.1) is 0 Å². The van der Waals surface area contributed by atoms with Crippen molar-refractivity contribution >= 4 is 46.4 Å². The van der Waals surface area contributed by atoms with Crippen LogP contribution in [0.15, 0.2) is 59.0 Å². The van der Waals surface area contributed by atoms with Crippen LogP contribution < -0.4 is 10.2 Å². The van der Waals surface area contributed by atoms with E-state index in [1.165, 1.54) is 0 Å². The van der Waals surface area contributed by atoms with E-state index in [9.17, 15) is 9.59 Å². The van der Waals surface area contributed by atoms with E-state index in [0.717, 1.165) is 11.3 Å². The van der Waals surface area contributed by atoms with Crippen LogP contribution in [0.3, 0.4) is 0 Å². The van der Waals surface area contributed by atoms with Gasteiger partial charge in [0, 0.05) is 43.7 Å². The highest BCUT2D eigenvalue weighted by molar-refractivity contribution is 6.34. The van der Waals surface area contributed by atoms with Gasteiger partial charge in [-0.25, -0.2) is 0 Å². The quantitative estimate of drug-likeness (QED) is 0.586. The molecule has 0 radical (unpaired) electrons. The Hall–Kier alpha value is -2.96. The molecular formula is C23H21Cl2N3O3. The summed E-state index contributed by atoms with van der Waals surface area (Å²) in [7, 11) is 0. The maximum atomic E-state index is 12.9. The zero-order chi connectivity index (χ0) is 22.0. The smallest absolute Gasteiger partial charge is 0.291 e. The van der Waals surface area contributed by atoms with Crippen molar-refractivity contribution in [2.24, 2.45) is 0 Å². The molecule has 160 valence electrons. The Kier molecular flexibility index (Phi) is 6.20. The molecule has 8 heteroatoms. The topological polar surface area (TPSA) is 65.8 Å².